The van der Waals surface area contributed by atoms with Crippen LogP contribution in [0.1, 0.15) is 31.9 Å². The van der Waals surface area contributed by atoms with Gasteiger partial charge in [-0.15, -0.1) is 0 Å². The summed E-state index contributed by atoms with van der Waals surface area (Å²) in [4.78, 5) is 24.5. The van der Waals surface area contributed by atoms with Gasteiger partial charge in [-0.2, -0.15) is 0 Å². The Morgan fingerprint density at radius 3 is 2.33 bits per heavy atom. The summed E-state index contributed by atoms with van der Waals surface area (Å²) in [6.45, 7) is 4.49. The van der Waals surface area contributed by atoms with E-state index in [0.29, 0.717) is 5.92 Å². The molecule has 0 aromatic heterocycles. The van der Waals surface area contributed by atoms with Gasteiger partial charge in [0.2, 0.25) is 11.8 Å². The molecule has 1 atom stereocenters. The normalized spacial score (nSPS) is 12.4. The van der Waals surface area contributed by atoms with Crippen LogP contribution in [0.15, 0.2) is 30.3 Å². The van der Waals surface area contributed by atoms with E-state index >= 15 is 0 Å². The van der Waals surface area contributed by atoms with Crippen LogP contribution in [0.4, 0.5) is 0 Å². The SMILES string of the molecule is CC(C)CC(NC(=O)CN(C)CC(N)=O)c1ccccc1. The number of rotatable bonds is 8. The number of likely N-dealkylation sites (N-methyl/N-ethyl adjacent to an activating group) is 1. The fraction of sp³-hybridized carbons (Fsp3) is 0.500. The number of nitrogens with one attached hydrogen (secondary N) is 1. The number of carbonyl (C=O) groups is 2. The van der Waals surface area contributed by atoms with E-state index in [-0.39, 0.29) is 25.0 Å². The number of carbonyl (C=O) groups excluding carboxylic acids is 2. The van der Waals surface area contributed by atoms with Crippen molar-refractivity contribution in [2.24, 2.45) is 11.7 Å². The van der Waals surface area contributed by atoms with Gasteiger partial charge in [-0.25, -0.2) is 0 Å². The standard InChI is InChI=1S/C16H25N3O2/c1-12(2)9-14(13-7-5-4-6-8-13)18-16(21)11-19(3)10-15(17)20/h4-8,12,14H,9-11H2,1-3H3,(H2,17,20)(H,18,21). The fourth-order valence-electron chi connectivity index (χ4n) is 2.24. The lowest BCUT2D eigenvalue weighted by Gasteiger charge is -2.23. The molecule has 0 bridgehead atoms. The number of benzene rings is 1. The topological polar surface area (TPSA) is 75.4 Å². The molecular weight excluding hydrogens is 266 g/mol. The number of nitrogens with two attached hydrogens (primary N) is 1. The molecule has 1 rings (SSSR count). The number of nitrogens with zero attached hydrogens (tertiary/aromatic N) is 1. The van der Waals surface area contributed by atoms with Crippen LogP contribution in [0.2, 0.25) is 0 Å². The Morgan fingerprint density at radius 2 is 1.81 bits per heavy atom. The summed E-state index contributed by atoms with van der Waals surface area (Å²) in [5, 5.41) is 3.04. The molecule has 5 nitrogen and oxygen atoms in total. The summed E-state index contributed by atoms with van der Waals surface area (Å²) in [6.07, 6.45) is 0.870. The first kappa shape index (κ1) is 17.2. The summed E-state index contributed by atoms with van der Waals surface area (Å²) in [5.74, 6) is -0.0702. The van der Waals surface area contributed by atoms with Crippen molar-refractivity contribution in [1.29, 1.82) is 0 Å². The van der Waals surface area contributed by atoms with Gasteiger partial charge in [0.05, 0.1) is 19.1 Å². The van der Waals surface area contributed by atoms with Crippen LogP contribution >= 0.6 is 0 Å². The minimum atomic E-state index is -0.438. The van der Waals surface area contributed by atoms with Gasteiger partial charge in [-0.05, 0) is 24.9 Å². The highest BCUT2D eigenvalue weighted by Gasteiger charge is 2.17. The van der Waals surface area contributed by atoms with Gasteiger partial charge in [0.25, 0.3) is 0 Å². The van der Waals surface area contributed by atoms with E-state index in [1.165, 1.54) is 0 Å². The first-order valence-corrected chi connectivity index (χ1v) is 7.19. The van der Waals surface area contributed by atoms with Crippen molar-refractivity contribution in [3.05, 3.63) is 35.9 Å². The predicted octanol–water partition coefficient (Wildman–Crippen LogP) is 1.31. The Kier molecular flexibility index (Phi) is 6.88. The van der Waals surface area contributed by atoms with Crippen LogP contribution in [0.3, 0.4) is 0 Å². The van der Waals surface area contributed by atoms with Gasteiger partial charge in [-0.3, -0.25) is 14.5 Å². The maximum Gasteiger partial charge on any atom is 0.234 e. The van der Waals surface area contributed by atoms with Crippen LogP contribution in [0, 0.1) is 5.92 Å². The minimum absolute atomic E-state index is 0.0133. The monoisotopic (exact) mass is 291 g/mol. The van der Waals surface area contributed by atoms with Crippen LogP contribution in [0.25, 0.3) is 0 Å². The average molecular weight is 291 g/mol. The Labute approximate surface area is 126 Å². The minimum Gasteiger partial charge on any atom is -0.369 e. The molecule has 0 aliphatic heterocycles. The van der Waals surface area contributed by atoms with Gasteiger partial charge < -0.3 is 11.1 Å². The average Bonchev–Trinajstić information content (AvgIpc) is 2.37. The lowest BCUT2D eigenvalue weighted by atomic mass is 9.97. The van der Waals surface area contributed by atoms with Crippen LogP contribution < -0.4 is 11.1 Å². The number of hydrogen-bond acceptors (Lipinski definition) is 3. The molecular formula is C16H25N3O2. The van der Waals surface area contributed by atoms with Gasteiger partial charge in [0, 0.05) is 0 Å². The molecule has 0 heterocycles. The Balaban J connectivity index is 2.64. The second-order valence-electron chi connectivity index (χ2n) is 5.80. The van der Waals surface area contributed by atoms with E-state index in [1.54, 1.807) is 11.9 Å². The maximum atomic E-state index is 12.1. The van der Waals surface area contributed by atoms with E-state index < -0.39 is 5.91 Å². The van der Waals surface area contributed by atoms with Gasteiger partial charge >= 0.3 is 0 Å². The summed E-state index contributed by atoms with van der Waals surface area (Å²) in [7, 11) is 1.70. The van der Waals surface area contributed by atoms with Crippen molar-refractivity contribution in [3.63, 3.8) is 0 Å². The molecule has 0 saturated heterocycles. The smallest absolute Gasteiger partial charge is 0.234 e. The second kappa shape index (κ2) is 8.42. The van der Waals surface area contributed by atoms with Crippen LogP contribution in [-0.4, -0.2) is 36.9 Å². The van der Waals surface area contributed by atoms with Crippen molar-refractivity contribution in [2.45, 2.75) is 26.3 Å². The highest BCUT2D eigenvalue weighted by Crippen LogP contribution is 2.20. The molecule has 0 saturated carbocycles. The molecule has 0 aliphatic rings. The van der Waals surface area contributed by atoms with E-state index in [9.17, 15) is 9.59 Å². The quantitative estimate of drug-likeness (QED) is 0.758. The molecule has 3 N–H and O–H groups in total. The van der Waals surface area contributed by atoms with Gasteiger partial charge in [0.1, 0.15) is 0 Å². The largest absolute Gasteiger partial charge is 0.369 e. The van der Waals surface area contributed by atoms with Gasteiger partial charge in [-0.1, -0.05) is 44.2 Å². The van der Waals surface area contributed by atoms with Gasteiger partial charge in [0.15, 0.2) is 0 Å². The zero-order valence-electron chi connectivity index (χ0n) is 13.0. The van der Waals surface area contributed by atoms with E-state index in [0.717, 1.165) is 12.0 Å². The summed E-state index contributed by atoms with van der Waals surface area (Å²) < 4.78 is 0. The third-order valence-electron chi connectivity index (χ3n) is 3.08. The lowest BCUT2D eigenvalue weighted by molar-refractivity contribution is -0.124. The lowest BCUT2D eigenvalue weighted by Crippen LogP contribution is -2.40. The highest BCUT2D eigenvalue weighted by molar-refractivity contribution is 5.80. The summed E-state index contributed by atoms with van der Waals surface area (Å²) in [5.41, 5.74) is 6.21. The van der Waals surface area contributed by atoms with Crippen molar-refractivity contribution >= 4 is 11.8 Å². The second-order valence-corrected chi connectivity index (χ2v) is 5.80. The van der Waals surface area contributed by atoms with Crippen molar-refractivity contribution < 1.29 is 9.59 Å². The number of hydrogen-bond donors (Lipinski definition) is 2. The van der Waals surface area contributed by atoms with Crippen molar-refractivity contribution in [2.75, 3.05) is 20.1 Å². The molecule has 1 aromatic rings. The molecule has 0 radical (unpaired) electrons. The Hall–Kier alpha value is -1.88. The third kappa shape index (κ3) is 6.90. The van der Waals surface area contributed by atoms with Crippen LogP contribution in [0.5, 0.6) is 0 Å². The molecule has 0 spiro atoms. The van der Waals surface area contributed by atoms with E-state index in [2.05, 4.69) is 19.2 Å². The number of primary amides is 1. The molecule has 0 aliphatic carbocycles. The Morgan fingerprint density at radius 1 is 1.19 bits per heavy atom. The Bertz CT molecular complexity index is 460. The summed E-state index contributed by atoms with van der Waals surface area (Å²) >= 11 is 0. The molecule has 21 heavy (non-hydrogen) atoms. The predicted molar refractivity (Wildman–Crippen MR) is 83.5 cm³/mol. The highest BCUT2D eigenvalue weighted by atomic mass is 16.2. The van der Waals surface area contributed by atoms with E-state index in [1.807, 2.05) is 30.3 Å². The molecule has 0 fully saturated rings. The zero-order valence-corrected chi connectivity index (χ0v) is 13.0. The van der Waals surface area contributed by atoms with Crippen molar-refractivity contribution in [3.8, 4) is 0 Å². The first-order valence-electron chi connectivity index (χ1n) is 7.19. The molecule has 116 valence electrons. The zero-order chi connectivity index (χ0) is 15.8. The van der Waals surface area contributed by atoms with E-state index in [4.69, 9.17) is 5.73 Å². The maximum absolute atomic E-state index is 12.1. The molecule has 1 aromatic carbocycles. The molecule has 5 heteroatoms. The fourth-order valence-corrected chi connectivity index (χ4v) is 2.24. The summed E-state index contributed by atoms with van der Waals surface area (Å²) in [6, 6.07) is 9.90. The number of amides is 2. The first-order chi connectivity index (χ1) is 9.88. The van der Waals surface area contributed by atoms with Crippen molar-refractivity contribution in [1.82, 2.24) is 10.2 Å². The third-order valence-corrected chi connectivity index (χ3v) is 3.08. The molecule has 2 amide bonds. The molecule has 1 unspecified atom stereocenters. The van der Waals surface area contributed by atoms with Crippen LogP contribution in [-0.2, 0) is 9.59 Å².